The molecule has 58 heavy (non-hydrogen) atoms. The normalized spacial score (nSPS) is 35.3. The van der Waals surface area contributed by atoms with Gasteiger partial charge in [-0.25, -0.2) is 0 Å². The van der Waals surface area contributed by atoms with Gasteiger partial charge < -0.3 is 25.2 Å². The lowest BCUT2D eigenvalue weighted by molar-refractivity contribution is -0.235. The van der Waals surface area contributed by atoms with Gasteiger partial charge in [-0.15, -0.1) is 0 Å². The summed E-state index contributed by atoms with van der Waals surface area (Å²) in [5.74, 6) is -0.583. The number of amides is 1. The summed E-state index contributed by atoms with van der Waals surface area (Å²) in [6.45, 7) is 21.5. The Kier molecular flexibility index (Phi) is 12.0. The molecule has 0 aromatic carbocycles. The molecule has 322 valence electrons. The molecule has 1 heterocycles. The first-order valence-electron chi connectivity index (χ1n) is 21.9. The van der Waals surface area contributed by atoms with Crippen molar-refractivity contribution in [2.75, 3.05) is 20.1 Å². The molecule has 11 heteroatoms. The van der Waals surface area contributed by atoms with Crippen molar-refractivity contribution in [2.45, 2.75) is 152 Å². The Hall–Kier alpha value is -2.82. The van der Waals surface area contributed by atoms with Crippen molar-refractivity contribution in [3.63, 3.8) is 0 Å². The predicted octanol–water partition coefficient (Wildman–Crippen LogP) is 8.60. The van der Waals surface area contributed by atoms with Gasteiger partial charge in [0.25, 0.3) is 0 Å². The number of rotatable bonds is 12. The average Bonchev–Trinajstić information content (AvgIpc) is 3.45. The number of esters is 1. The molecular weight excluding hydrogens is 754 g/mol. The minimum absolute atomic E-state index is 0.00252. The number of carbonyl (C=O) groups excluding carboxylic acids is 3. The van der Waals surface area contributed by atoms with Crippen molar-refractivity contribution >= 4 is 35.2 Å². The third kappa shape index (κ3) is 7.06. The van der Waals surface area contributed by atoms with Gasteiger partial charge >= 0.3 is 11.9 Å². The first kappa shape index (κ1) is 44.7. The van der Waals surface area contributed by atoms with Gasteiger partial charge in [-0.1, -0.05) is 65.6 Å². The number of aliphatic hydroxyl groups excluding tert-OH is 1. The van der Waals surface area contributed by atoms with Gasteiger partial charge in [0, 0.05) is 30.0 Å². The van der Waals surface area contributed by atoms with Gasteiger partial charge in [-0.05, 0) is 137 Å². The largest absolute Gasteiger partial charge is 0.481 e. The van der Waals surface area contributed by atoms with Crippen LogP contribution >= 0.6 is 11.6 Å². The highest BCUT2D eigenvalue weighted by atomic mass is 35.5. The lowest BCUT2D eigenvalue weighted by Crippen LogP contribution is -2.66. The van der Waals surface area contributed by atoms with Gasteiger partial charge in [0.1, 0.15) is 6.10 Å². The zero-order valence-corrected chi connectivity index (χ0v) is 37.7. The highest BCUT2D eigenvalue weighted by Crippen LogP contribution is 2.77. The molecule has 0 unspecified atom stereocenters. The maximum absolute atomic E-state index is 14.3. The second-order valence-corrected chi connectivity index (χ2v) is 21.7. The smallest absolute Gasteiger partial charge is 0.309 e. The predicted molar refractivity (Wildman–Crippen MR) is 225 cm³/mol. The third-order valence-corrected chi connectivity index (χ3v) is 17.4. The van der Waals surface area contributed by atoms with Crippen LogP contribution in [0.3, 0.4) is 0 Å². The number of allylic oxidation sites excluding steroid dienone is 1. The molecule has 0 saturated heterocycles. The number of nitrogens with zero attached hydrogens (tertiary/aromatic N) is 2. The van der Waals surface area contributed by atoms with E-state index in [1.165, 1.54) is 5.57 Å². The standard InChI is InChI=1S/C47H70ClN3O7/c1-27(2)39-32(52)22-47(35(53)26-51(37(54)25-49-11)28(3)31-14-12-29(48)24-50-31)21-20-45(9)30(40(39)47)13-15-34-44(8)18-17-36(58-38(55)23-42(4,5)41(56)57)43(6,7)33(44)16-19-46(34,45)10/h12,14,24,27-28,30,33-36,49,53H,13,15-23,25-26H2,1-11H3,(H,56,57)/t28-,30+,33-,34+,35-,36-,44-,45+,46+,47-/m0/s1. The molecule has 6 rings (SSSR count). The highest BCUT2D eigenvalue weighted by molar-refractivity contribution is 6.30. The molecule has 0 bridgehead atoms. The molecule has 0 spiro atoms. The molecule has 1 aromatic heterocycles. The fourth-order valence-corrected chi connectivity index (χ4v) is 13.9. The van der Waals surface area contributed by atoms with E-state index in [-0.39, 0.29) is 77.2 Å². The Bertz CT molecular complexity index is 1830. The number of carboxylic acids is 1. The van der Waals surface area contributed by atoms with Gasteiger partial charge in [0.15, 0.2) is 5.78 Å². The summed E-state index contributed by atoms with van der Waals surface area (Å²) < 4.78 is 6.18. The van der Waals surface area contributed by atoms with Gasteiger partial charge in [0.2, 0.25) is 5.91 Å². The number of carbonyl (C=O) groups is 4. The number of nitrogens with one attached hydrogen (secondary N) is 1. The van der Waals surface area contributed by atoms with Crippen LogP contribution in [0.4, 0.5) is 0 Å². The minimum Gasteiger partial charge on any atom is -0.481 e. The number of halogens is 1. The van der Waals surface area contributed by atoms with E-state index in [0.717, 1.165) is 50.5 Å². The number of ether oxygens (including phenoxy) is 1. The van der Waals surface area contributed by atoms with Crippen molar-refractivity contribution in [1.82, 2.24) is 15.2 Å². The number of carboxylic acid groups (broad SMARTS) is 1. The van der Waals surface area contributed by atoms with Crippen LogP contribution in [0, 0.1) is 56.2 Å². The van der Waals surface area contributed by atoms with E-state index in [2.05, 4.69) is 58.8 Å². The SMILES string of the molecule is CNCC(=O)N(C[C@H](O)[C@@]12CC[C@]3(C)[C@H](CC[C@@H]4[C@@]5(C)CC[C@H](OC(=O)CC(C)(C)C(=O)O)C(C)(C)[C@@H]5CC[C@]43C)C1=C(C(C)C)C(=O)C2)[C@@H](C)c1ccc(Cl)cn1. The maximum atomic E-state index is 14.3. The monoisotopic (exact) mass is 823 g/mol. The number of ketones is 1. The first-order chi connectivity index (χ1) is 26.9. The van der Waals surface area contributed by atoms with E-state index in [0.29, 0.717) is 29.0 Å². The molecule has 10 nitrogen and oxygen atoms in total. The Morgan fingerprint density at radius 3 is 2.28 bits per heavy atom. The average molecular weight is 825 g/mol. The van der Waals surface area contributed by atoms with Crippen LogP contribution in [-0.2, 0) is 23.9 Å². The zero-order valence-electron chi connectivity index (χ0n) is 37.0. The second-order valence-electron chi connectivity index (χ2n) is 21.2. The summed E-state index contributed by atoms with van der Waals surface area (Å²) in [6.07, 6.45) is 7.66. The molecule has 1 aromatic rings. The van der Waals surface area contributed by atoms with E-state index >= 15 is 0 Å². The van der Waals surface area contributed by atoms with E-state index in [1.807, 2.05) is 13.0 Å². The number of pyridine rings is 1. The molecule has 3 N–H and O–H groups in total. The summed E-state index contributed by atoms with van der Waals surface area (Å²) in [7, 11) is 1.74. The number of fused-ring (bicyclic) bond motifs is 7. The number of hydrogen-bond acceptors (Lipinski definition) is 8. The van der Waals surface area contributed by atoms with E-state index in [1.54, 1.807) is 38.1 Å². The van der Waals surface area contributed by atoms with Crippen molar-refractivity contribution in [2.24, 2.45) is 56.2 Å². The number of aliphatic carboxylic acids is 1. The van der Waals surface area contributed by atoms with Crippen molar-refractivity contribution in [3.05, 3.63) is 40.2 Å². The molecular formula is C47H70ClN3O7. The van der Waals surface area contributed by atoms with Crippen LogP contribution in [-0.4, -0.2) is 76.1 Å². The molecule has 1 amide bonds. The molecule has 4 saturated carbocycles. The van der Waals surface area contributed by atoms with E-state index in [9.17, 15) is 29.4 Å². The van der Waals surface area contributed by atoms with Crippen LogP contribution in [0.15, 0.2) is 29.5 Å². The first-order valence-corrected chi connectivity index (χ1v) is 22.2. The van der Waals surface area contributed by atoms with Crippen LogP contribution in [0.5, 0.6) is 0 Å². The summed E-state index contributed by atoms with van der Waals surface area (Å²) in [5.41, 5.74) is 0.359. The molecule has 5 aliphatic carbocycles. The maximum Gasteiger partial charge on any atom is 0.309 e. The Morgan fingerprint density at radius 1 is 0.983 bits per heavy atom. The number of Topliss-reactive ketones (excluding diaryl/α,β-unsaturated/α-hetero) is 1. The zero-order chi connectivity index (χ0) is 43.0. The van der Waals surface area contributed by atoms with Crippen molar-refractivity contribution < 1.29 is 34.1 Å². The Labute approximate surface area is 351 Å². The fourth-order valence-electron chi connectivity index (χ4n) is 13.8. The van der Waals surface area contributed by atoms with Crippen LogP contribution in [0.25, 0.3) is 0 Å². The van der Waals surface area contributed by atoms with E-state index in [4.69, 9.17) is 16.3 Å². The Balaban J connectivity index is 1.31. The minimum atomic E-state index is -1.19. The Morgan fingerprint density at radius 2 is 1.67 bits per heavy atom. The van der Waals surface area contributed by atoms with Gasteiger partial charge in [-0.3, -0.25) is 24.2 Å². The molecule has 4 fully saturated rings. The summed E-state index contributed by atoms with van der Waals surface area (Å²) in [4.78, 5) is 59.3. The number of aromatic nitrogens is 1. The summed E-state index contributed by atoms with van der Waals surface area (Å²) in [5, 5.41) is 25.8. The quantitative estimate of drug-likeness (QED) is 0.177. The van der Waals surface area contributed by atoms with Crippen LogP contribution in [0.1, 0.15) is 145 Å². The van der Waals surface area contributed by atoms with E-state index < -0.39 is 34.9 Å². The van der Waals surface area contributed by atoms with Crippen LogP contribution < -0.4 is 5.32 Å². The van der Waals surface area contributed by atoms with Crippen molar-refractivity contribution in [1.29, 1.82) is 0 Å². The summed E-state index contributed by atoms with van der Waals surface area (Å²) >= 11 is 6.17. The molecule has 5 aliphatic rings. The number of likely N-dealkylation sites (N-methyl/N-ethyl adjacent to an activating group) is 1. The van der Waals surface area contributed by atoms with Gasteiger partial charge in [-0.2, -0.15) is 0 Å². The summed E-state index contributed by atoms with van der Waals surface area (Å²) in [6, 6.07) is 3.17. The number of hydrogen-bond donors (Lipinski definition) is 3. The molecule has 0 radical (unpaired) electrons. The number of aliphatic hydroxyl groups is 1. The van der Waals surface area contributed by atoms with Crippen molar-refractivity contribution in [3.8, 4) is 0 Å². The van der Waals surface area contributed by atoms with Crippen LogP contribution in [0.2, 0.25) is 5.02 Å². The molecule has 0 aliphatic heterocycles. The lowest BCUT2D eigenvalue weighted by Gasteiger charge is -2.72. The highest BCUT2D eigenvalue weighted by Gasteiger charge is 2.71. The lowest BCUT2D eigenvalue weighted by atomic mass is 9.33. The fraction of sp³-hybridized carbons (Fsp3) is 0.766. The third-order valence-electron chi connectivity index (χ3n) is 17.2. The molecule has 10 atom stereocenters. The second kappa shape index (κ2) is 15.6. The van der Waals surface area contributed by atoms with Gasteiger partial charge in [0.05, 0.1) is 41.2 Å². The topological polar surface area (TPSA) is 146 Å².